The van der Waals surface area contributed by atoms with Crippen LogP contribution in [0, 0.1) is 0 Å². The minimum atomic E-state index is -4.38. The molecule has 0 aliphatic heterocycles. The molecule has 1 unspecified atom stereocenters. The molecule has 0 amide bonds. The lowest BCUT2D eigenvalue weighted by atomic mass is 10.0. The lowest BCUT2D eigenvalue weighted by Crippen LogP contribution is -2.24. The van der Waals surface area contributed by atoms with E-state index < -0.39 is 17.8 Å². The fraction of sp³-hybridized carbons (Fsp3) is 0.263. The fourth-order valence-corrected chi connectivity index (χ4v) is 2.73. The SMILES string of the molecule is COCC(O)CNc1ncc(-c2ccc(C(F)(F)F)cc2)c2ncccc12. The van der Waals surface area contributed by atoms with Crippen molar-refractivity contribution < 1.29 is 23.0 Å². The van der Waals surface area contributed by atoms with Crippen LogP contribution >= 0.6 is 0 Å². The van der Waals surface area contributed by atoms with Crippen molar-refractivity contribution in [3.8, 4) is 11.1 Å². The number of hydrogen-bond acceptors (Lipinski definition) is 5. The van der Waals surface area contributed by atoms with Crippen molar-refractivity contribution in [3.63, 3.8) is 0 Å². The van der Waals surface area contributed by atoms with E-state index in [1.165, 1.54) is 19.2 Å². The Bertz CT molecular complexity index is 914. The van der Waals surface area contributed by atoms with Gasteiger partial charge in [0.1, 0.15) is 5.82 Å². The first-order valence-corrected chi connectivity index (χ1v) is 8.22. The molecule has 0 fully saturated rings. The highest BCUT2D eigenvalue weighted by Gasteiger charge is 2.30. The summed E-state index contributed by atoms with van der Waals surface area (Å²) < 4.78 is 43.2. The van der Waals surface area contributed by atoms with Crippen molar-refractivity contribution >= 4 is 16.7 Å². The zero-order valence-electron chi connectivity index (χ0n) is 14.5. The third kappa shape index (κ3) is 4.35. The van der Waals surface area contributed by atoms with E-state index in [2.05, 4.69) is 15.3 Å². The van der Waals surface area contributed by atoms with E-state index in [1.54, 1.807) is 18.5 Å². The summed E-state index contributed by atoms with van der Waals surface area (Å²) in [7, 11) is 1.50. The van der Waals surface area contributed by atoms with Crippen LogP contribution < -0.4 is 5.32 Å². The largest absolute Gasteiger partial charge is 0.416 e. The number of fused-ring (bicyclic) bond motifs is 1. The van der Waals surface area contributed by atoms with Crippen LogP contribution in [-0.4, -0.2) is 41.4 Å². The third-order valence-corrected chi connectivity index (χ3v) is 4.03. The Morgan fingerprint density at radius 2 is 1.89 bits per heavy atom. The number of anilines is 1. The number of benzene rings is 1. The number of nitrogens with zero attached hydrogens (tertiary/aromatic N) is 2. The molecule has 1 atom stereocenters. The van der Waals surface area contributed by atoms with Gasteiger partial charge in [-0.15, -0.1) is 0 Å². The van der Waals surface area contributed by atoms with Crippen LogP contribution in [0.15, 0.2) is 48.8 Å². The molecule has 2 aromatic heterocycles. The van der Waals surface area contributed by atoms with Gasteiger partial charge in [0, 0.05) is 37.0 Å². The Kier molecular flexibility index (Phi) is 5.57. The van der Waals surface area contributed by atoms with E-state index in [0.717, 1.165) is 12.1 Å². The third-order valence-electron chi connectivity index (χ3n) is 4.03. The summed E-state index contributed by atoms with van der Waals surface area (Å²) in [6.45, 7) is 0.428. The van der Waals surface area contributed by atoms with E-state index in [0.29, 0.717) is 27.8 Å². The minimum Gasteiger partial charge on any atom is -0.389 e. The van der Waals surface area contributed by atoms with Crippen LogP contribution in [0.1, 0.15) is 5.56 Å². The zero-order chi connectivity index (χ0) is 19.4. The number of pyridine rings is 2. The number of aromatic nitrogens is 2. The first-order chi connectivity index (χ1) is 12.9. The Labute approximate surface area is 153 Å². The van der Waals surface area contributed by atoms with Crippen molar-refractivity contribution in [2.75, 3.05) is 25.6 Å². The summed E-state index contributed by atoms with van der Waals surface area (Å²) in [6.07, 6.45) is -1.91. The number of halogens is 3. The molecule has 0 radical (unpaired) electrons. The normalized spacial score (nSPS) is 12.9. The van der Waals surface area contributed by atoms with Crippen molar-refractivity contribution in [1.82, 2.24) is 9.97 Å². The van der Waals surface area contributed by atoms with Crippen LogP contribution in [0.2, 0.25) is 0 Å². The summed E-state index contributed by atoms with van der Waals surface area (Å²) in [4.78, 5) is 8.72. The highest BCUT2D eigenvalue weighted by atomic mass is 19.4. The summed E-state index contributed by atoms with van der Waals surface area (Å²) in [5.74, 6) is 0.531. The number of hydrogen-bond donors (Lipinski definition) is 2. The first-order valence-electron chi connectivity index (χ1n) is 8.22. The van der Waals surface area contributed by atoms with Gasteiger partial charge >= 0.3 is 6.18 Å². The second-order valence-electron chi connectivity index (χ2n) is 5.99. The Balaban J connectivity index is 1.95. The lowest BCUT2D eigenvalue weighted by molar-refractivity contribution is -0.137. The number of methoxy groups -OCH3 is 1. The van der Waals surface area contributed by atoms with Crippen molar-refractivity contribution in [2.24, 2.45) is 0 Å². The van der Waals surface area contributed by atoms with Gasteiger partial charge in [-0.2, -0.15) is 13.2 Å². The molecule has 8 heteroatoms. The summed E-state index contributed by atoms with van der Waals surface area (Å²) >= 11 is 0. The first kappa shape index (κ1) is 19.1. The number of aliphatic hydroxyl groups is 1. The average Bonchev–Trinajstić information content (AvgIpc) is 2.66. The lowest BCUT2D eigenvalue weighted by Gasteiger charge is -2.14. The highest BCUT2D eigenvalue weighted by Crippen LogP contribution is 2.33. The molecule has 3 aromatic rings. The molecular weight excluding hydrogens is 359 g/mol. The molecule has 0 aliphatic carbocycles. The minimum absolute atomic E-state index is 0.187. The molecule has 0 spiro atoms. The summed E-state index contributed by atoms with van der Waals surface area (Å²) in [6, 6.07) is 8.45. The van der Waals surface area contributed by atoms with Gasteiger partial charge in [0.25, 0.3) is 0 Å². The summed E-state index contributed by atoms with van der Waals surface area (Å²) in [5, 5.41) is 13.5. The molecule has 3 rings (SSSR count). The van der Waals surface area contributed by atoms with Crippen molar-refractivity contribution in [2.45, 2.75) is 12.3 Å². The maximum atomic E-state index is 12.8. The van der Waals surface area contributed by atoms with Crippen LogP contribution in [-0.2, 0) is 10.9 Å². The standard InChI is InChI=1S/C19H18F3N3O2/c1-27-11-14(26)9-24-18-15-3-2-8-23-17(15)16(10-25-18)12-4-6-13(7-5-12)19(20,21)22/h2-8,10,14,26H,9,11H2,1H3,(H,24,25). The van der Waals surface area contributed by atoms with Gasteiger partial charge in [0.2, 0.25) is 0 Å². The Morgan fingerprint density at radius 1 is 1.15 bits per heavy atom. The van der Waals surface area contributed by atoms with E-state index in [4.69, 9.17) is 4.74 Å². The molecular formula is C19H18F3N3O2. The van der Waals surface area contributed by atoms with Gasteiger partial charge in [-0.1, -0.05) is 12.1 Å². The van der Waals surface area contributed by atoms with Crippen LogP contribution in [0.3, 0.4) is 0 Å². The number of rotatable bonds is 6. The molecule has 0 saturated carbocycles. The topological polar surface area (TPSA) is 67.3 Å². The monoisotopic (exact) mass is 377 g/mol. The molecule has 142 valence electrons. The second kappa shape index (κ2) is 7.89. The Morgan fingerprint density at radius 3 is 2.56 bits per heavy atom. The fourth-order valence-electron chi connectivity index (χ4n) is 2.73. The smallest absolute Gasteiger partial charge is 0.389 e. The quantitative estimate of drug-likeness (QED) is 0.685. The van der Waals surface area contributed by atoms with Gasteiger partial charge in [-0.3, -0.25) is 4.98 Å². The summed E-state index contributed by atoms with van der Waals surface area (Å²) in [5.41, 5.74) is 1.12. The number of nitrogens with one attached hydrogen (secondary N) is 1. The maximum absolute atomic E-state index is 12.8. The maximum Gasteiger partial charge on any atom is 0.416 e. The second-order valence-corrected chi connectivity index (χ2v) is 5.99. The molecule has 5 nitrogen and oxygen atoms in total. The number of alkyl halides is 3. The Hall–Kier alpha value is -2.71. The van der Waals surface area contributed by atoms with E-state index in [1.807, 2.05) is 6.07 Å². The predicted octanol–water partition coefficient (Wildman–Crippen LogP) is 3.73. The molecule has 0 saturated heterocycles. The molecule has 2 heterocycles. The molecule has 0 aliphatic rings. The predicted molar refractivity (Wildman–Crippen MR) is 96.3 cm³/mol. The molecule has 0 bridgehead atoms. The molecule has 2 N–H and O–H groups in total. The van der Waals surface area contributed by atoms with E-state index in [9.17, 15) is 18.3 Å². The zero-order valence-corrected chi connectivity index (χ0v) is 14.5. The van der Waals surface area contributed by atoms with E-state index in [-0.39, 0.29) is 13.2 Å². The van der Waals surface area contributed by atoms with Crippen LogP contribution in [0.5, 0.6) is 0 Å². The van der Waals surface area contributed by atoms with Gasteiger partial charge < -0.3 is 15.2 Å². The van der Waals surface area contributed by atoms with Gasteiger partial charge in [0.15, 0.2) is 0 Å². The molecule has 27 heavy (non-hydrogen) atoms. The highest BCUT2D eigenvalue weighted by molar-refractivity contribution is 5.98. The van der Waals surface area contributed by atoms with Gasteiger partial charge in [0.05, 0.1) is 23.8 Å². The van der Waals surface area contributed by atoms with Gasteiger partial charge in [-0.25, -0.2) is 4.98 Å². The van der Waals surface area contributed by atoms with Crippen LogP contribution in [0.25, 0.3) is 22.0 Å². The number of aliphatic hydroxyl groups excluding tert-OH is 1. The molecule has 1 aromatic carbocycles. The van der Waals surface area contributed by atoms with Crippen LogP contribution in [0.4, 0.5) is 19.0 Å². The van der Waals surface area contributed by atoms with E-state index >= 15 is 0 Å². The van der Waals surface area contributed by atoms with Crippen molar-refractivity contribution in [1.29, 1.82) is 0 Å². The average molecular weight is 377 g/mol. The van der Waals surface area contributed by atoms with Gasteiger partial charge in [-0.05, 0) is 29.8 Å². The number of ether oxygens (including phenoxy) is 1. The van der Waals surface area contributed by atoms with Crippen molar-refractivity contribution in [3.05, 3.63) is 54.4 Å².